The molecule has 1 N–H and O–H groups in total. The van der Waals surface area contributed by atoms with E-state index < -0.39 is 5.54 Å². The molecule has 0 radical (unpaired) electrons. The normalized spacial score (nSPS) is 18.2. The van der Waals surface area contributed by atoms with Crippen LogP contribution >= 0.6 is 0 Å². The number of hydrogen-bond donors (Lipinski definition) is 1. The molecule has 0 atom stereocenters. The van der Waals surface area contributed by atoms with Gasteiger partial charge in [0.25, 0.3) is 5.91 Å². The minimum atomic E-state index is -0.493. The maximum absolute atomic E-state index is 13.0. The van der Waals surface area contributed by atoms with E-state index in [1.54, 1.807) is 12.4 Å². The predicted octanol–water partition coefficient (Wildman–Crippen LogP) is 2.29. The van der Waals surface area contributed by atoms with Gasteiger partial charge in [0.1, 0.15) is 0 Å². The molecule has 4 rings (SSSR count). The predicted molar refractivity (Wildman–Crippen MR) is 99.8 cm³/mol. The summed E-state index contributed by atoms with van der Waals surface area (Å²) in [5.74, 6) is -0.0305. The summed E-state index contributed by atoms with van der Waals surface area (Å²) in [6.07, 6.45) is 5.08. The van der Waals surface area contributed by atoms with Crippen molar-refractivity contribution in [2.75, 3.05) is 13.2 Å². The van der Waals surface area contributed by atoms with Gasteiger partial charge in [-0.15, -0.1) is 0 Å². The maximum Gasteiger partial charge on any atom is 0.254 e. The summed E-state index contributed by atoms with van der Waals surface area (Å²) in [7, 11) is 0. The van der Waals surface area contributed by atoms with Crippen LogP contribution < -0.4 is 5.32 Å². The van der Waals surface area contributed by atoms with Crippen molar-refractivity contribution in [3.8, 4) is 0 Å². The number of ether oxygens (including phenoxy) is 1. The van der Waals surface area contributed by atoms with E-state index in [1.165, 1.54) is 0 Å². The molecule has 27 heavy (non-hydrogen) atoms. The summed E-state index contributed by atoms with van der Waals surface area (Å²) in [6, 6.07) is 11.5. The summed E-state index contributed by atoms with van der Waals surface area (Å²) in [6.45, 7) is 2.13. The number of rotatable bonds is 5. The van der Waals surface area contributed by atoms with Gasteiger partial charge < -0.3 is 15.0 Å². The molecular formula is C21H23N3O3. The van der Waals surface area contributed by atoms with Crippen molar-refractivity contribution in [2.24, 2.45) is 0 Å². The SMILES string of the molecule is O=C(CC1(N2Cc3ccccc3C2=O)CCOCC1)NCc1cccnc1. The van der Waals surface area contributed by atoms with Crippen LogP contribution in [-0.2, 0) is 22.6 Å². The average Bonchev–Trinajstić information content (AvgIpc) is 3.06. The van der Waals surface area contributed by atoms with Crippen molar-refractivity contribution >= 4 is 11.8 Å². The second kappa shape index (κ2) is 7.48. The molecule has 1 aromatic carbocycles. The van der Waals surface area contributed by atoms with Crippen molar-refractivity contribution in [2.45, 2.75) is 37.9 Å². The second-order valence-electron chi connectivity index (χ2n) is 7.20. The molecule has 3 heterocycles. The van der Waals surface area contributed by atoms with Gasteiger partial charge in [0, 0.05) is 44.3 Å². The fraction of sp³-hybridized carbons (Fsp3) is 0.381. The number of fused-ring (bicyclic) bond motifs is 1. The lowest BCUT2D eigenvalue weighted by molar-refractivity contribution is -0.126. The van der Waals surface area contributed by atoms with E-state index in [2.05, 4.69) is 10.3 Å². The minimum absolute atomic E-state index is 0.0209. The molecule has 2 amide bonds. The standard InChI is InChI=1S/C21H23N3O3/c25-19(23-14-16-4-3-9-22-13-16)12-21(7-10-27-11-8-21)24-15-17-5-1-2-6-18(17)20(24)26/h1-6,9,13H,7-8,10-12,14-15H2,(H,23,25). The fourth-order valence-corrected chi connectivity index (χ4v) is 4.00. The largest absolute Gasteiger partial charge is 0.381 e. The number of nitrogens with one attached hydrogen (secondary N) is 1. The minimum Gasteiger partial charge on any atom is -0.381 e. The Morgan fingerprint density at radius 2 is 2.00 bits per heavy atom. The van der Waals surface area contributed by atoms with Gasteiger partial charge in [-0.1, -0.05) is 24.3 Å². The van der Waals surface area contributed by atoms with E-state index in [4.69, 9.17) is 4.74 Å². The van der Waals surface area contributed by atoms with E-state index in [1.807, 2.05) is 41.3 Å². The average molecular weight is 365 g/mol. The smallest absolute Gasteiger partial charge is 0.254 e. The Balaban J connectivity index is 1.49. The van der Waals surface area contributed by atoms with Crippen LogP contribution in [0.15, 0.2) is 48.8 Å². The molecule has 0 saturated carbocycles. The zero-order valence-corrected chi connectivity index (χ0v) is 15.2. The fourth-order valence-electron chi connectivity index (χ4n) is 4.00. The van der Waals surface area contributed by atoms with Crippen molar-refractivity contribution in [1.82, 2.24) is 15.2 Å². The van der Waals surface area contributed by atoms with Crippen molar-refractivity contribution in [1.29, 1.82) is 0 Å². The van der Waals surface area contributed by atoms with Crippen LogP contribution in [0.25, 0.3) is 0 Å². The first-order valence-corrected chi connectivity index (χ1v) is 9.31. The summed E-state index contributed by atoms with van der Waals surface area (Å²) in [4.78, 5) is 31.7. The molecule has 6 heteroatoms. The summed E-state index contributed by atoms with van der Waals surface area (Å²) in [5.41, 5.74) is 2.24. The number of amides is 2. The second-order valence-corrected chi connectivity index (χ2v) is 7.20. The summed E-state index contributed by atoms with van der Waals surface area (Å²) in [5, 5.41) is 2.97. The highest BCUT2D eigenvalue weighted by Crippen LogP contribution is 2.38. The Labute approximate surface area is 158 Å². The van der Waals surface area contributed by atoms with Gasteiger partial charge in [-0.05, 0) is 36.1 Å². The van der Waals surface area contributed by atoms with Crippen LogP contribution in [0.3, 0.4) is 0 Å². The lowest BCUT2D eigenvalue weighted by Crippen LogP contribution is -2.54. The Morgan fingerprint density at radius 3 is 2.74 bits per heavy atom. The van der Waals surface area contributed by atoms with Crippen LogP contribution in [0.1, 0.15) is 40.7 Å². The Bertz CT molecular complexity index is 832. The zero-order valence-electron chi connectivity index (χ0n) is 15.2. The topological polar surface area (TPSA) is 71.5 Å². The Morgan fingerprint density at radius 1 is 1.19 bits per heavy atom. The quantitative estimate of drug-likeness (QED) is 0.883. The van der Waals surface area contributed by atoms with E-state index in [0.29, 0.717) is 39.1 Å². The van der Waals surface area contributed by atoms with Crippen molar-refractivity contribution < 1.29 is 14.3 Å². The molecule has 140 valence electrons. The number of pyridine rings is 1. The highest BCUT2D eigenvalue weighted by molar-refractivity contribution is 5.99. The molecule has 0 unspecified atom stereocenters. The monoisotopic (exact) mass is 365 g/mol. The summed E-state index contributed by atoms with van der Waals surface area (Å²) < 4.78 is 5.53. The number of benzene rings is 1. The van der Waals surface area contributed by atoms with Crippen molar-refractivity contribution in [3.63, 3.8) is 0 Å². The first-order chi connectivity index (χ1) is 13.2. The number of hydrogen-bond acceptors (Lipinski definition) is 4. The van der Waals surface area contributed by atoms with Crippen LogP contribution in [-0.4, -0.2) is 40.5 Å². The third-order valence-corrected chi connectivity index (χ3v) is 5.52. The first-order valence-electron chi connectivity index (χ1n) is 9.31. The first kappa shape index (κ1) is 17.7. The maximum atomic E-state index is 13.0. The van der Waals surface area contributed by atoms with E-state index in [9.17, 15) is 9.59 Å². The van der Waals surface area contributed by atoms with E-state index >= 15 is 0 Å². The number of carbonyl (C=O) groups excluding carboxylic acids is 2. The van der Waals surface area contributed by atoms with E-state index in [-0.39, 0.29) is 18.2 Å². The molecule has 6 nitrogen and oxygen atoms in total. The lowest BCUT2D eigenvalue weighted by Gasteiger charge is -2.44. The summed E-state index contributed by atoms with van der Waals surface area (Å²) >= 11 is 0. The Kier molecular flexibility index (Phi) is 4.90. The molecule has 2 aliphatic heterocycles. The van der Waals surface area contributed by atoms with Gasteiger partial charge in [0.05, 0.1) is 12.0 Å². The van der Waals surface area contributed by atoms with Gasteiger partial charge in [-0.2, -0.15) is 0 Å². The number of aromatic nitrogens is 1. The molecule has 0 spiro atoms. The van der Waals surface area contributed by atoms with Gasteiger partial charge in [0.2, 0.25) is 5.91 Å². The molecule has 1 aromatic heterocycles. The molecule has 2 aromatic rings. The third kappa shape index (κ3) is 3.57. The molecule has 0 aliphatic carbocycles. The van der Waals surface area contributed by atoms with E-state index in [0.717, 1.165) is 16.7 Å². The van der Waals surface area contributed by atoms with Gasteiger partial charge >= 0.3 is 0 Å². The highest BCUT2D eigenvalue weighted by Gasteiger charge is 2.45. The van der Waals surface area contributed by atoms with Crippen molar-refractivity contribution in [3.05, 3.63) is 65.5 Å². The highest BCUT2D eigenvalue weighted by atomic mass is 16.5. The van der Waals surface area contributed by atoms with Crippen LogP contribution in [0.4, 0.5) is 0 Å². The van der Waals surface area contributed by atoms with Gasteiger partial charge in [-0.25, -0.2) is 0 Å². The molecule has 0 bridgehead atoms. The molecular weight excluding hydrogens is 342 g/mol. The van der Waals surface area contributed by atoms with Crippen LogP contribution in [0.5, 0.6) is 0 Å². The molecule has 1 fully saturated rings. The molecule has 2 aliphatic rings. The number of carbonyl (C=O) groups is 2. The number of nitrogens with zero attached hydrogens (tertiary/aromatic N) is 2. The van der Waals surface area contributed by atoms with Gasteiger partial charge in [0.15, 0.2) is 0 Å². The lowest BCUT2D eigenvalue weighted by atomic mass is 9.84. The van der Waals surface area contributed by atoms with Crippen LogP contribution in [0, 0.1) is 0 Å². The van der Waals surface area contributed by atoms with Gasteiger partial charge in [-0.3, -0.25) is 14.6 Å². The Hall–Kier alpha value is -2.73. The van der Waals surface area contributed by atoms with Crippen LogP contribution in [0.2, 0.25) is 0 Å². The zero-order chi connectivity index (χ0) is 18.7. The molecule has 1 saturated heterocycles. The third-order valence-electron chi connectivity index (χ3n) is 5.52.